The van der Waals surface area contributed by atoms with E-state index in [1.54, 1.807) is 6.07 Å². The SMILES string of the molecule is Cc1cc2cc(Cl)c(F)cc2n1C. The smallest absolute Gasteiger partial charge is 0.143 e. The molecule has 0 aliphatic rings. The Morgan fingerprint density at radius 1 is 1.31 bits per heavy atom. The molecule has 0 radical (unpaired) electrons. The first-order valence-electron chi connectivity index (χ1n) is 4.00. The summed E-state index contributed by atoms with van der Waals surface area (Å²) in [6.07, 6.45) is 0. The Morgan fingerprint density at radius 2 is 2.00 bits per heavy atom. The lowest BCUT2D eigenvalue weighted by molar-refractivity contribution is 0.629. The number of nitrogens with zero attached hydrogens (tertiary/aromatic N) is 1. The lowest BCUT2D eigenvalue weighted by atomic mass is 10.2. The Kier molecular flexibility index (Phi) is 1.81. The highest BCUT2D eigenvalue weighted by Gasteiger charge is 2.06. The number of halogens is 2. The second-order valence-corrected chi connectivity index (χ2v) is 3.58. The van der Waals surface area contributed by atoms with Gasteiger partial charge in [-0.2, -0.15) is 0 Å². The summed E-state index contributed by atoms with van der Waals surface area (Å²) < 4.78 is 15.0. The van der Waals surface area contributed by atoms with Crippen LogP contribution in [0.25, 0.3) is 10.9 Å². The Balaban J connectivity index is 2.89. The molecule has 1 nitrogen and oxygen atoms in total. The Morgan fingerprint density at radius 3 is 2.69 bits per heavy atom. The van der Waals surface area contributed by atoms with Crippen LogP contribution >= 0.6 is 11.6 Å². The van der Waals surface area contributed by atoms with Crippen molar-refractivity contribution in [3.8, 4) is 0 Å². The normalized spacial score (nSPS) is 11.1. The zero-order chi connectivity index (χ0) is 9.59. The summed E-state index contributed by atoms with van der Waals surface area (Å²) in [6.45, 7) is 1.98. The van der Waals surface area contributed by atoms with Gasteiger partial charge in [-0.15, -0.1) is 0 Å². The minimum atomic E-state index is -0.365. The van der Waals surface area contributed by atoms with E-state index in [-0.39, 0.29) is 10.8 Å². The third kappa shape index (κ3) is 1.22. The molecule has 0 atom stereocenters. The standard InChI is InChI=1S/C10H9ClFN/c1-6-3-7-4-8(11)9(12)5-10(7)13(6)2/h3-5H,1-2H3. The first-order chi connectivity index (χ1) is 6.09. The third-order valence-corrected chi connectivity index (χ3v) is 2.61. The molecule has 0 bridgehead atoms. The summed E-state index contributed by atoms with van der Waals surface area (Å²) in [5, 5.41) is 1.16. The minimum Gasteiger partial charge on any atom is -0.348 e. The maximum atomic E-state index is 13.1. The zero-order valence-electron chi connectivity index (χ0n) is 7.44. The Bertz CT molecular complexity index is 473. The largest absolute Gasteiger partial charge is 0.348 e. The van der Waals surface area contributed by atoms with Crippen molar-refractivity contribution in [3.05, 3.63) is 34.7 Å². The molecule has 13 heavy (non-hydrogen) atoms. The number of fused-ring (bicyclic) bond motifs is 1. The molecule has 0 aliphatic heterocycles. The number of aromatic nitrogens is 1. The van der Waals surface area contributed by atoms with Crippen LogP contribution in [0.2, 0.25) is 5.02 Å². The van der Waals surface area contributed by atoms with Gasteiger partial charge in [-0.25, -0.2) is 4.39 Å². The molecule has 0 fully saturated rings. The van der Waals surface area contributed by atoms with Crippen LogP contribution in [0.5, 0.6) is 0 Å². The summed E-state index contributed by atoms with van der Waals surface area (Å²) in [4.78, 5) is 0. The van der Waals surface area contributed by atoms with Crippen LogP contribution in [-0.4, -0.2) is 4.57 Å². The van der Waals surface area contributed by atoms with E-state index in [1.807, 2.05) is 24.6 Å². The van der Waals surface area contributed by atoms with E-state index in [4.69, 9.17) is 11.6 Å². The van der Waals surface area contributed by atoms with Crippen molar-refractivity contribution in [3.63, 3.8) is 0 Å². The van der Waals surface area contributed by atoms with Gasteiger partial charge in [0.05, 0.1) is 10.5 Å². The summed E-state index contributed by atoms with van der Waals surface area (Å²) in [5.74, 6) is -0.365. The van der Waals surface area contributed by atoms with Crippen molar-refractivity contribution in [2.75, 3.05) is 0 Å². The molecule has 0 N–H and O–H groups in total. The summed E-state index contributed by atoms with van der Waals surface area (Å²) >= 11 is 5.66. The van der Waals surface area contributed by atoms with Gasteiger partial charge in [-0.3, -0.25) is 0 Å². The first-order valence-corrected chi connectivity index (χ1v) is 4.38. The van der Waals surface area contributed by atoms with Gasteiger partial charge in [0.2, 0.25) is 0 Å². The highest BCUT2D eigenvalue weighted by molar-refractivity contribution is 6.31. The maximum Gasteiger partial charge on any atom is 0.143 e. The Labute approximate surface area is 80.7 Å². The van der Waals surface area contributed by atoms with Gasteiger partial charge in [0, 0.05) is 18.1 Å². The van der Waals surface area contributed by atoms with Crippen LogP contribution in [-0.2, 0) is 7.05 Å². The van der Waals surface area contributed by atoms with Gasteiger partial charge < -0.3 is 4.57 Å². The zero-order valence-corrected chi connectivity index (χ0v) is 8.19. The first kappa shape index (κ1) is 8.57. The van der Waals surface area contributed by atoms with Gasteiger partial charge in [0.1, 0.15) is 5.82 Å². The number of rotatable bonds is 0. The van der Waals surface area contributed by atoms with E-state index in [2.05, 4.69) is 0 Å². The molecule has 3 heteroatoms. The lowest BCUT2D eigenvalue weighted by Crippen LogP contribution is -1.89. The van der Waals surface area contributed by atoms with Gasteiger partial charge >= 0.3 is 0 Å². The Hall–Kier alpha value is -1.02. The van der Waals surface area contributed by atoms with Crippen LogP contribution in [0, 0.1) is 12.7 Å². The average Bonchev–Trinajstić information content (AvgIpc) is 2.32. The molecule has 0 amide bonds. The second-order valence-electron chi connectivity index (χ2n) is 3.17. The number of hydrogen-bond donors (Lipinski definition) is 0. The van der Waals surface area contributed by atoms with Crippen LogP contribution in [0.4, 0.5) is 4.39 Å². The van der Waals surface area contributed by atoms with Crippen molar-refractivity contribution in [1.82, 2.24) is 4.57 Å². The fourth-order valence-electron chi connectivity index (χ4n) is 1.47. The lowest BCUT2D eigenvalue weighted by Gasteiger charge is -1.99. The second kappa shape index (κ2) is 2.74. The van der Waals surface area contributed by atoms with Gasteiger partial charge in [-0.05, 0) is 25.1 Å². The van der Waals surface area contributed by atoms with Crippen LogP contribution < -0.4 is 0 Å². The summed E-state index contributed by atoms with van der Waals surface area (Å²) in [7, 11) is 1.91. The van der Waals surface area contributed by atoms with Crippen LogP contribution in [0.3, 0.4) is 0 Å². The fourth-order valence-corrected chi connectivity index (χ4v) is 1.64. The highest BCUT2D eigenvalue weighted by Crippen LogP contribution is 2.24. The molecule has 1 aromatic carbocycles. The van der Waals surface area contributed by atoms with E-state index < -0.39 is 0 Å². The molecule has 0 aliphatic carbocycles. The molecule has 2 aromatic rings. The molecule has 68 valence electrons. The molecule has 1 heterocycles. The monoisotopic (exact) mass is 197 g/mol. The minimum absolute atomic E-state index is 0.179. The molecular weight excluding hydrogens is 189 g/mol. The molecular formula is C10H9ClFN. The number of aryl methyl sites for hydroxylation is 2. The average molecular weight is 198 g/mol. The van der Waals surface area contributed by atoms with Crippen LogP contribution in [0.15, 0.2) is 18.2 Å². The molecule has 2 rings (SSSR count). The number of hydrogen-bond acceptors (Lipinski definition) is 0. The molecule has 0 unspecified atom stereocenters. The van der Waals surface area contributed by atoms with E-state index in [1.165, 1.54) is 6.07 Å². The molecule has 1 aromatic heterocycles. The van der Waals surface area contributed by atoms with Gasteiger partial charge in [0.15, 0.2) is 0 Å². The fraction of sp³-hybridized carbons (Fsp3) is 0.200. The summed E-state index contributed by atoms with van der Waals surface area (Å²) in [6, 6.07) is 5.10. The molecule has 0 saturated heterocycles. The quantitative estimate of drug-likeness (QED) is 0.611. The van der Waals surface area contributed by atoms with Gasteiger partial charge in [-0.1, -0.05) is 11.6 Å². The predicted octanol–water partition coefficient (Wildman–Crippen LogP) is 3.28. The van der Waals surface area contributed by atoms with Crippen molar-refractivity contribution < 1.29 is 4.39 Å². The van der Waals surface area contributed by atoms with Crippen LogP contribution in [0.1, 0.15) is 5.69 Å². The predicted molar refractivity (Wildman–Crippen MR) is 52.6 cm³/mol. The summed E-state index contributed by atoms with van der Waals surface area (Å²) in [5.41, 5.74) is 1.97. The topological polar surface area (TPSA) is 4.93 Å². The van der Waals surface area contributed by atoms with Crippen molar-refractivity contribution in [1.29, 1.82) is 0 Å². The van der Waals surface area contributed by atoms with Crippen molar-refractivity contribution >= 4 is 22.5 Å². The van der Waals surface area contributed by atoms with E-state index >= 15 is 0 Å². The van der Waals surface area contributed by atoms with E-state index in [0.29, 0.717) is 0 Å². The number of benzene rings is 1. The molecule has 0 saturated carbocycles. The van der Waals surface area contributed by atoms with E-state index in [0.717, 1.165) is 16.6 Å². The van der Waals surface area contributed by atoms with Crippen molar-refractivity contribution in [2.24, 2.45) is 7.05 Å². The van der Waals surface area contributed by atoms with E-state index in [9.17, 15) is 4.39 Å². The van der Waals surface area contributed by atoms with Gasteiger partial charge in [0.25, 0.3) is 0 Å². The van der Waals surface area contributed by atoms with Crippen molar-refractivity contribution in [2.45, 2.75) is 6.92 Å². The highest BCUT2D eigenvalue weighted by atomic mass is 35.5. The third-order valence-electron chi connectivity index (χ3n) is 2.32. The molecule has 0 spiro atoms. The maximum absolute atomic E-state index is 13.1.